The van der Waals surface area contributed by atoms with E-state index >= 15 is 0 Å². The number of carbonyl (C=O) groups is 1. The van der Waals surface area contributed by atoms with Gasteiger partial charge in [0.05, 0.1) is 5.52 Å². The first kappa shape index (κ1) is 20.0. The lowest BCUT2D eigenvalue weighted by atomic mass is 10.0. The SMILES string of the molecule is CCn1c(=O)cc(C2CC2)c2cc(N(C)C(=O)c3ccc(CCC4CC4)cc3)ccc21. The fourth-order valence-electron chi connectivity index (χ4n) is 4.57. The lowest BCUT2D eigenvalue weighted by molar-refractivity contribution is 0.0993. The Kier molecular flexibility index (Phi) is 5.17. The third-order valence-corrected chi connectivity index (χ3v) is 6.89. The molecule has 0 aliphatic heterocycles. The molecule has 0 radical (unpaired) electrons. The molecule has 2 saturated carbocycles. The number of benzene rings is 2. The first-order valence-electron chi connectivity index (χ1n) is 11.6. The molecule has 1 aromatic heterocycles. The minimum Gasteiger partial charge on any atom is -0.311 e. The van der Waals surface area contributed by atoms with Crippen LogP contribution in [0, 0.1) is 5.92 Å². The molecular formula is C27H30N2O2. The van der Waals surface area contributed by atoms with Crippen LogP contribution in [-0.2, 0) is 13.0 Å². The summed E-state index contributed by atoms with van der Waals surface area (Å²) in [7, 11) is 1.83. The summed E-state index contributed by atoms with van der Waals surface area (Å²) in [5, 5.41) is 1.09. The van der Waals surface area contributed by atoms with Crippen molar-refractivity contribution in [3.05, 3.63) is 75.6 Å². The van der Waals surface area contributed by atoms with Crippen molar-refractivity contribution in [1.82, 2.24) is 4.57 Å². The number of anilines is 1. The Morgan fingerprint density at radius 1 is 1.03 bits per heavy atom. The molecule has 0 saturated heterocycles. The third-order valence-electron chi connectivity index (χ3n) is 6.89. The van der Waals surface area contributed by atoms with E-state index in [4.69, 9.17) is 0 Å². The number of fused-ring (bicyclic) bond motifs is 1. The molecule has 160 valence electrons. The van der Waals surface area contributed by atoms with Crippen LogP contribution in [0.4, 0.5) is 5.69 Å². The van der Waals surface area contributed by atoms with Gasteiger partial charge >= 0.3 is 0 Å². The summed E-state index contributed by atoms with van der Waals surface area (Å²) in [5.41, 5.74) is 5.03. The average molecular weight is 415 g/mol. The molecule has 0 atom stereocenters. The molecule has 1 heterocycles. The van der Waals surface area contributed by atoms with Crippen molar-refractivity contribution in [2.75, 3.05) is 11.9 Å². The van der Waals surface area contributed by atoms with E-state index in [1.54, 1.807) is 11.0 Å². The van der Waals surface area contributed by atoms with Gasteiger partial charge in [0.2, 0.25) is 0 Å². The molecule has 3 aromatic rings. The van der Waals surface area contributed by atoms with Gasteiger partial charge in [-0.1, -0.05) is 25.0 Å². The van der Waals surface area contributed by atoms with Crippen LogP contribution in [0.2, 0.25) is 0 Å². The van der Waals surface area contributed by atoms with Gasteiger partial charge in [0.25, 0.3) is 11.5 Å². The van der Waals surface area contributed by atoms with Crippen molar-refractivity contribution in [3.63, 3.8) is 0 Å². The summed E-state index contributed by atoms with van der Waals surface area (Å²) in [6, 6.07) is 15.9. The second-order valence-corrected chi connectivity index (χ2v) is 9.20. The molecular weight excluding hydrogens is 384 g/mol. The van der Waals surface area contributed by atoms with Gasteiger partial charge in [-0.15, -0.1) is 0 Å². The predicted octanol–water partition coefficient (Wildman–Crippen LogP) is 5.52. The van der Waals surface area contributed by atoms with Crippen LogP contribution in [-0.4, -0.2) is 17.5 Å². The maximum Gasteiger partial charge on any atom is 0.258 e. The van der Waals surface area contributed by atoms with Crippen LogP contribution < -0.4 is 10.5 Å². The number of hydrogen-bond donors (Lipinski definition) is 0. The largest absolute Gasteiger partial charge is 0.311 e. The predicted molar refractivity (Wildman–Crippen MR) is 126 cm³/mol. The lowest BCUT2D eigenvalue weighted by Crippen LogP contribution is -2.26. The Hall–Kier alpha value is -2.88. The molecule has 31 heavy (non-hydrogen) atoms. The number of aromatic nitrogens is 1. The van der Waals surface area contributed by atoms with Crippen molar-refractivity contribution < 1.29 is 4.79 Å². The highest BCUT2D eigenvalue weighted by molar-refractivity contribution is 6.06. The molecule has 1 amide bonds. The van der Waals surface area contributed by atoms with E-state index in [0.717, 1.165) is 47.3 Å². The van der Waals surface area contributed by atoms with Crippen LogP contribution in [0.3, 0.4) is 0 Å². The van der Waals surface area contributed by atoms with E-state index in [1.165, 1.54) is 24.8 Å². The number of carbonyl (C=O) groups excluding carboxylic acids is 1. The molecule has 0 N–H and O–H groups in total. The Labute approximate surface area is 183 Å². The van der Waals surface area contributed by atoms with Gasteiger partial charge in [-0.2, -0.15) is 0 Å². The first-order valence-corrected chi connectivity index (χ1v) is 11.6. The number of pyridine rings is 1. The van der Waals surface area contributed by atoms with Crippen LogP contribution in [0.15, 0.2) is 53.3 Å². The van der Waals surface area contributed by atoms with Crippen molar-refractivity contribution in [2.24, 2.45) is 5.92 Å². The highest BCUT2D eigenvalue weighted by Crippen LogP contribution is 2.43. The topological polar surface area (TPSA) is 42.3 Å². The van der Waals surface area contributed by atoms with E-state index < -0.39 is 0 Å². The van der Waals surface area contributed by atoms with Gasteiger partial charge in [-0.3, -0.25) is 9.59 Å². The second-order valence-electron chi connectivity index (χ2n) is 9.20. The monoisotopic (exact) mass is 414 g/mol. The van der Waals surface area contributed by atoms with Gasteiger partial charge < -0.3 is 9.47 Å². The van der Waals surface area contributed by atoms with Crippen LogP contribution in [0.25, 0.3) is 10.9 Å². The van der Waals surface area contributed by atoms with E-state index in [1.807, 2.05) is 42.8 Å². The summed E-state index contributed by atoms with van der Waals surface area (Å²) in [6.07, 6.45) is 7.39. The standard InChI is InChI=1S/C27H30N2O2/c1-3-29-25-15-14-22(16-24(25)23(17-26(29)30)20-12-13-20)28(2)27(31)21-10-8-19(9-11-21)7-6-18-4-5-18/h8-11,14-18,20H,3-7,12-13H2,1-2H3. The zero-order chi connectivity index (χ0) is 21.5. The highest BCUT2D eigenvalue weighted by atomic mass is 16.2. The fourth-order valence-corrected chi connectivity index (χ4v) is 4.57. The smallest absolute Gasteiger partial charge is 0.258 e. The maximum atomic E-state index is 13.1. The van der Waals surface area contributed by atoms with Gasteiger partial charge in [0.1, 0.15) is 0 Å². The molecule has 2 aliphatic carbocycles. The second kappa shape index (κ2) is 7.99. The molecule has 2 aromatic carbocycles. The number of nitrogens with zero attached hydrogens (tertiary/aromatic N) is 2. The summed E-state index contributed by atoms with van der Waals surface area (Å²) < 4.78 is 1.81. The number of amides is 1. The van der Waals surface area contributed by atoms with E-state index in [2.05, 4.69) is 18.2 Å². The molecule has 2 fully saturated rings. The summed E-state index contributed by atoms with van der Waals surface area (Å²) >= 11 is 0. The van der Waals surface area contributed by atoms with Crippen LogP contribution in [0.1, 0.15) is 66.4 Å². The summed E-state index contributed by atoms with van der Waals surface area (Å²) in [5.74, 6) is 1.39. The van der Waals surface area contributed by atoms with Crippen molar-refractivity contribution in [1.29, 1.82) is 0 Å². The lowest BCUT2D eigenvalue weighted by Gasteiger charge is -2.20. The number of aryl methyl sites for hydroxylation is 2. The Morgan fingerprint density at radius 2 is 1.77 bits per heavy atom. The molecule has 4 nitrogen and oxygen atoms in total. The van der Waals surface area contributed by atoms with Crippen molar-refractivity contribution >= 4 is 22.5 Å². The minimum atomic E-state index is -0.00937. The molecule has 5 rings (SSSR count). The van der Waals surface area contributed by atoms with Crippen LogP contribution in [0.5, 0.6) is 0 Å². The normalized spacial score (nSPS) is 15.9. The van der Waals surface area contributed by atoms with Gasteiger partial charge in [-0.05, 0) is 85.9 Å². The molecule has 0 spiro atoms. The summed E-state index contributed by atoms with van der Waals surface area (Å²) in [6.45, 7) is 2.64. The molecule has 4 heteroatoms. The fraction of sp³-hybridized carbons (Fsp3) is 0.407. The van der Waals surface area contributed by atoms with Crippen molar-refractivity contribution in [2.45, 2.75) is 57.9 Å². The van der Waals surface area contributed by atoms with Crippen molar-refractivity contribution in [3.8, 4) is 0 Å². The third kappa shape index (κ3) is 4.04. The van der Waals surface area contributed by atoms with E-state index in [-0.39, 0.29) is 11.5 Å². The highest BCUT2D eigenvalue weighted by Gasteiger charge is 2.27. The molecule has 0 unspecified atom stereocenters. The zero-order valence-corrected chi connectivity index (χ0v) is 18.4. The van der Waals surface area contributed by atoms with E-state index in [0.29, 0.717) is 18.0 Å². The van der Waals surface area contributed by atoms with Crippen LogP contribution >= 0.6 is 0 Å². The Morgan fingerprint density at radius 3 is 2.42 bits per heavy atom. The van der Waals surface area contributed by atoms with E-state index in [9.17, 15) is 9.59 Å². The zero-order valence-electron chi connectivity index (χ0n) is 18.4. The average Bonchev–Trinajstić information content (AvgIpc) is 3.70. The Bertz CT molecular complexity index is 1180. The molecule has 2 aliphatic rings. The Balaban J connectivity index is 1.42. The number of rotatable bonds is 7. The van der Waals surface area contributed by atoms with Gasteiger partial charge in [-0.25, -0.2) is 0 Å². The number of hydrogen-bond acceptors (Lipinski definition) is 2. The summed E-state index contributed by atoms with van der Waals surface area (Å²) in [4.78, 5) is 27.4. The quantitative estimate of drug-likeness (QED) is 0.511. The first-order chi connectivity index (χ1) is 15.0. The minimum absolute atomic E-state index is 0.00937. The van der Waals surface area contributed by atoms with Gasteiger partial charge in [0, 0.05) is 36.3 Å². The van der Waals surface area contributed by atoms with Gasteiger partial charge in [0.15, 0.2) is 0 Å². The maximum absolute atomic E-state index is 13.1. The molecule has 0 bridgehead atoms.